The van der Waals surface area contributed by atoms with Gasteiger partial charge in [0.05, 0.1) is 26.0 Å². The topological polar surface area (TPSA) is 84.0 Å². The fourth-order valence-electron chi connectivity index (χ4n) is 3.16. The second kappa shape index (κ2) is 12.5. The molecule has 1 aliphatic rings. The predicted octanol–water partition coefficient (Wildman–Crippen LogP) is 2.69. The maximum absolute atomic E-state index is 12.5. The van der Waals surface area contributed by atoms with Gasteiger partial charge in [-0.25, -0.2) is 4.98 Å². The van der Waals surface area contributed by atoms with Gasteiger partial charge in [0.15, 0.2) is 0 Å². The average Bonchev–Trinajstić information content (AvgIpc) is 3.25. The molecule has 0 atom stereocenters. The summed E-state index contributed by atoms with van der Waals surface area (Å²) in [5.41, 5.74) is 0.797. The average molecular weight is 501 g/mol. The maximum atomic E-state index is 12.5. The van der Waals surface area contributed by atoms with Crippen molar-refractivity contribution in [3.05, 3.63) is 49.9 Å². The Morgan fingerprint density at radius 3 is 2.69 bits per heavy atom. The van der Waals surface area contributed by atoms with Crippen LogP contribution >= 0.6 is 34.5 Å². The highest BCUT2D eigenvalue weighted by atomic mass is 35.5. The van der Waals surface area contributed by atoms with Crippen LogP contribution in [0.25, 0.3) is 0 Å². The monoisotopic (exact) mass is 500 g/mol. The Kier molecular flexibility index (Phi) is 9.70. The quantitative estimate of drug-likeness (QED) is 0.504. The van der Waals surface area contributed by atoms with Crippen LogP contribution in [0.3, 0.4) is 0 Å². The van der Waals surface area contributed by atoms with E-state index in [1.807, 2.05) is 4.90 Å². The van der Waals surface area contributed by atoms with Crippen molar-refractivity contribution in [3.63, 3.8) is 0 Å². The van der Waals surface area contributed by atoms with Crippen molar-refractivity contribution in [2.45, 2.75) is 13.1 Å². The third-order valence-electron chi connectivity index (χ3n) is 4.97. The molecular weight excluding hydrogens is 475 g/mol. The van der Waals surface area contributed by atoms with Gasteiger partial charge < -0.3 is 19.7 Å². The first-order valence-corrected chi connectivity index (χ1v) is 11.8. The molecule has 2 heterocycles. The van der Waals surface area contributed by atoms with E-state index in [2.05, 4.69) is 15.2 Å². The molecule has 0 aliphatic carbocycles. The fraction of sp³-hybridized carbons (Fsp3) is 0.476. The molecule has 1 N–H and O–H groups in total. The molecule has 2 aromatic rings. The number of nitrogens with one attached hydrogen (secondary N) is 1. The number of hydrogen-bond donors (Lipinski definition) is 1. The SMILES string of the molecule is COCCOCC(=O)N1CCN(Cc2ncc(C(=O)NCc3ccc(Cl)cc3Cl)s2)CC1. The Labute approximate surface area is 201 Å². The molecule has 0 bridgehead atoms. The van der Waals surface area contributed by atoms with Gasteiger partial charge in [0.2, 0.25) is 5.91 Å². The van der Waals surface area contributed by atoms with Gasteiger partial charge in [0, 0.05) is 49.9 Å². The molecule has 0 radical (unpaired) electrons. The number of ether oxygens (including phenoxy) is 2. The summed E-state index contributed by atoms with van der Waals surface area (Å²) in [6, 6.07) is 5.18. The Balaban J connectivity index is 1.41. The molecule has 11 heteroatoms. The number of nitrogens with zero attached hydrogens (tertiary/aromatic N) is 3. The summed E-state index contributed by atoms with van der Waals surface area (Å²) in [6.07, 6.45) is 1.59. The number of thiazole rings is 1. The Hall–Kier alpha value is -1.75. The van der Waals surface area contributed by atoms with Crippen molar-refractivity contribution in [2.75, 3.05) is 53.1 Å². The van der Waals surface area contributed by atoms with Gasteiger partial charge in [-0.1, -0.05) is 29.3 Å². The molecule has 1 aromatic heterocycles. The van der Waals surface area contributed by atoms with Crippen LogP contribution in [0.4, 0.5) is 0 Å². The zero-order valence-electron chi connectivity index (χ0n) is 17.8. The number of piperazine rings is 1. The third-order valence-corrected chi connectivity index (χ3v) is 6.54. The summed E-state index contributed by atoms with van der Waals surface area (Å²) in [5.74, 6) is -0.196. The number of carbonyl (C=O) groups is 2. The summed E-state index contributed by atoms with van der Waals surface area (Å²) in [5, 5.41) is 4.79. The minimum absolute atomic E-state index is 0.00486. The molecule has 174 valence electrons. The molecule has 1 aromatic carbocycles. The van der Waals surface area contributed by atoms with E-state index in [0.717, 1.165) is 23.7 Å². The molecule has 8 nitrogen and oxygen atoms in total. The normalized spacial score (nSPS) is 14.5. The van der Waals surface area contributed by atoms with Gasteiger partial charge in [-0.15, -0.1) is 11.3 Å². The van der Waals surface area contributed by atoms with E-state index in [-0.39, 0.29) is 18.4 Å². The number of carbonyl (C=O) groups excluding carboxylic acids is 2. The van der Waals surface area contributed by atoms with E-state index in [0.29, 0.717) is 54.3 Å². The lowest BCUT2D eigenvalue weighted by Crippen LogP contribution is -2.49. The second-order valence-corrected chi connectivity index (χ2v) is 9.20. The summed E-state index contributed by atoms with van der Waals surface area (Å²) in [7, 11) is 1.60. The van der Waals surface area contributed by atoms with Crippen molar-refractivity contribution in [3.8, 4) is 0 Å². The number of aromatic nitrogens is 1. The highest BCUT2D eigenvalue weighted by molar-refractivity contribution is 7.13. The van der Waals surface area contributed by atoms with E-state index < -0.39 is 0 Å². The van der Waals surface area contributed by atoms with Gasteiger partial charge in [-0.05, 0) is 17.7 Å². The number of halogens is 2. The van der Waals surface area contributed by atoms with Crippen LogP contribution in [-0.2, 0) is 27.4 Å². The molecule has 32 heavy (non-hydrogen) atoms. The maximum Gasteiger partial charge on any atom is 0.263 e. The molecule has 0 spiro atoms. The van der Waals surface area contributed by atoms with Crippen LogP contribution in [-0.4, -0.2) is 79.7 Å². The standard InChI is InChI=1S/C21H26Cl2N4O4S/c1-30-8-9-31-14-20(28)27-6-4-26(5-7-27)13-19-24-12-18(32-19)21(29)25-11-15-2-3-16(22)10-17(15)23/h2-3,10,12H,4-9,11,13-14H2,1H3,(H,25,29). The lowest BCUT2D eigenvalue weighted by atomic mass is 10.2. The van der Waals surface area contributed by atoms with Crippen LogP contribution in [0.5, 0.6) is 0 Å². The largest absolute Gasteiger partial charge is 0.382 e. The summed E-state index contributed by atoms with van der Waals surface area (Å²) in [4.78, 5) is 33.6. The van der Waals surface area contributed by atoms with Crippen molar-refractivity contribution >= 4 is 46.4 Å². The molecule has 1 fully saturated rings. The summed E-state index contributed by atoms with van der Waals surface area (Å²) < 4.78 is 10.2. The highest BCUT2D eigenvalue weighted by Crippen LogP contribution is 2.21. The van der Waals surface area contributed by atoms with E-state index in [9.17, 15) is 9.59 Å². The molecule has 3 rings (SSSR count). The van der Waals surface area contributed by atoms with Crippen LogP contribution in [0.1, 0.15) is 20.2 Å². The zero-order valence-corrected chi connectivity index (χ0v) is 20.1. The van der Waals surface area contributed by atoms with Crippen molar-refractivity contribution in [1.82, 2.24) is 20.1 Å². The van der Waals surface area contributed by atoms with Crippen LogP contribution in [0.2, 0.25) is 10.0 Å². The van der Waals surface area contributed by atoms with Crippen LogP contribution in [0, 0.1) is 0 Å². The first-order valence-electron chi connectivity index (χ1n) is 10.2. The molecular formula is C21H26Cl2N4O4S. The molecule has 2 amide bonds. The van der Waals surface area contributed by atoms with E-state index >= 15 is 0 Å². The zero-order chi connectivity index (χ0) is 22.9. The van der Waals surface area contributed by atoms with Crippen LogP contribution < -0.4 is 5.32 Å². The first-order chi connectivity index (χ1) is 15.5. The molecule has 0 saturated carbocycles. The highest BCUT2D eigenvalue weighted by Gasteiger charge is 2.22. The number of rotatable bonds is 10. The Morgan fingerprint density at radius 2 is 1.97 bits per heavy atom. The van der Waals surface area contributed by atoms with Gasteiger partial charge in [-0.2, -0.15) is 0 Å². The third kappa shape index (κ3) is 7.40. The second-order valence-electron chi connectivity index (χ2n) is 7.24. The number of amides is 2. The number of benzene rings is 1. The van der Waals surface area contributed by atoms with Gasteiger partial charge in [0.1, 0.15) is 16.5 Å². The first kappa shape index (κ1) is 24.9. The fourth-order valence-corrected chi connectivity index (χ4v) is 4.51. The van der Waals surface area contributed by atoms with Crippen LogP contribution in [0.15, 0.2) is 24.4 Å². The van der Waals surface area contributed by atoms with Gasteiger partial charge >= 0.3 is 0 Å². The molecule has 1 saturated heterocycles. The predicted molar refractivity (Wildman–Crippen MR) is 124 cm³/mol. The Bertz CT molecular complexity index is 919. The van der Waals surface area contributed by atoms with E-state index in [1.165, 1.54) is 11.3 Å². The van der Waals surface area contributed by atoms with E-state index in [1.54, 1.807) is 31.5 Å². The van der Waals surface area contributed by atoms with Gasteiger partial charge in [0.25, 0.3) is 5.91 Å². The van der Waals surface area contributed by atoms with Gasteiger partial charge in [-0.3, -0.25) is 14.5 Å². The molecule has 1 aliphatic heterocycles. The summed E-state index contributed by atoms with van der Waals surface area (Å²) >= 11 is 13.4. The lowest BCUT2D eigenvalue weighted by Gasteiger charge is -2.34. The van der Waals surface area contributed by atoms with Crippen molar-refractivity contribution in [2.24, 2.45) is 0 Å². The smallest absolute Gasteiger partial charge is 0.263 e. The Morgan fingerprint density at radius 1 is 1.19 bits per heavy atom. The molecule has 0 unspecified atom stereocenters. The number of methoxy groups -OCH3 is 1. The van der Waals surface area contributed by atoms with Crippen molar-refractivity contribution in [1.29, 1.82) is 0 Å². The minimum atomic E-state index is -0.191. The van der Waals surface area contributed by atoms with Crippen molar-refractivity contribution < 1.29 is 19.1 Å². The van der Waals surface area contributed by atoms with E-state index in [4.69, 9.17) is 32.7 Å². The lowest BCUT2D eigenvalue weighted by molar-refractivity contribution is -0.138. The minimum Gasteiger partial charge on any atom is -0.382 e. The number of hydrogen-bond acceptors (Lipinski definition) is 7. The summed E-state index contributed by atoms with van der Waals surface area (Å²) in [6.45, 7) is 4.72.